The van der Waals surface area contributed by atoms with Crippen molar-refractivity contribution < 1.29 is 13.9 Å². The molecule has 1 amide bonds. The van der Waals surface area contributed by atoms with E-state index < -0.39 is 0 Å². The Morgan fingerprint density at radius 3 is 2.68 bits per heavy atom. The van der Waals surface area contributed by atoms with Crippen LogP contribution in [-0.4, -0.2) is 52.7 Å². The molecule has 1 fully saturated rings. The normalized spacial score (nSPS) is 14.1. The van der Waals surface area contributed by atoms with E-state index in [2.05, 4.69) is 20.4 Å². The second kappa shape index (κ2) is 10.2. The standard InChI is InChI=1S/C21H24ClN5O3S/c1-2-27-20(26-9-11-29-12-10-26)24-25-21(27)31-14-19(28)23-13-17-7-8-18(30-17)15-3-5-16(22)6-4-15/h3-8H,2,9-14H2,1H3,(H,23,28). The molecular formula is C21H24ClN5O3S. The van der Waals surface area contributed by atoms with Crippen LogP contribution in [-0.2, 0) is 22.6 Å². The fraction of sp³-hybridized carbons (Fsp3) is 0.381. The molecule has 0 saturated carbocycles. The minimum absolute atomic E-state index is 0.0898. The van der Waals surface area contributed by atoms with Crippen LogP contribution in [0.3, 0.4) is 0 Å². The van der Waals surface area contributed by atoms with Crippen molar-refractivity contribution in [1.29, 1.82) is 0 Å². The Labute approximate surface area is 189 Å². The number of morpholine rings is 1. The molecule has 2 aromatic heterocycles. The van der Waals surface area contributed by atoms with E-state index in [9.17, 15) is 4.79 Å². The maximum Gasteiger partial charge on any atom is 0.230 e. The molecular weight excluding hydrogens is 438 g/mol. The summed E-state index contributed by atoms with van der Waals surface area (Å²) in [6, 6.07) is 11.2. The predicted molar refractivity (Wildman–Crippen MR) is 120 cm³/mol. The highest BCUT2D eigenvalue weighted by molar-refractivity contribution is 7.99. The number of rotatable bonds is 8. The van der Waals surface area contributed by atoms with Gasteiger partial charge in [0.15, 0.2) is 5.16 Å². The van der Waals surface area contributed by atoms with E-state index in [-0.39, 0.29) is 11.7 Å². The van der Waals surface area contributed by atoms with E-state index in [0.717, 1.165) is 42.1 Å². The maximum atomic E-state index is 12.3. The molecule has 1 aliphatic heterocycles. The van der Waals surface area contributed by atoms with Gasteiger partial charge in [-0.25, -0.2) is 0 Å². The number of furan rings is 1. The Morgan fingerprint density at radius 1 is 1.16 bits per heavy atom. The first-order valence-electron chi connectivity index (χ1n) is 10.1. The molecule has 1 N–H and O–H groups in total. The van der Waals surface area contributed by atoms with Gasteiger partial charge in [-0.15, -0.1) is 10.2 Å². The molecule has 0 atom stereocenters. The molecule has 0 radical (unpaired) electrons. The second-order valence-corrected chi connectivity index (χ2v) is 8.34. The summed E-state index contributed by atoms with van der Waals surface area (Å²) in [4.78, 5) is 14.5. The summed E-state index contributed by atoms with van der Waals surface area (Å²) in [7, 11) is 0. The zero-order chi connectivity index (χ0) is 21.6. The molecule has 10 heteroatoms. The van der Waals surface area contributed by atoms with Gasteiger partial charge in [-0.3, -0.25) is 9.36 Å². The summed E-state index contributed by atoms with van der Waals surface area (Å²) >= 11 is 7.30. The monoisotopic (exact) mass is 461 g/mol. The zero-order valence-electron chi connectivity index (χ0n) is 17.2. The summed E-state index contributed by atoms with van der Waals surface area (Å²) in [6.07, 6.45) is 0. The number of anilines is 1. The van der Waals surface area contributed by atoms with Gasteiger partial charge < -0.3 is 19.4 Å². The number of hydrogen-bond donors (Lipinski definition) is 1. The van der Waals surface area contributed by atoms with E-state index >= 15 is 0 Å². The van der Waals surface area contributed by atoms with E-state index in [1.807, 2.05) is 47.9 Å². The number of halogens is 1. The summed E-state index contributed by atoms with van der Waals surface area (Å²) in [5.74, 6) is 2.43. The number of ether oxygens (including phenoxy) is 1. The van der Waals surface area contributed by atoms with Crippen LogP contribution in [0.1, 0.15) is 12.7 Å². The summed E-state index contributed by atoms with van der Waals surface area (Å²) in [6.45, 7) is 6.08. The molecule has 1 aromatic carbocycles. The van der Waals surface area contributed by atoms with Crippen molar-refractivity contribution in [2.24, 2.45) is 0 Å². The Kier molecular flexibility index (Phi) is 7.16. The largest absolute Gasteiger partial charge is 0.459 e. The van der Waals surface area contributed by atoms with Crippen LogP contribution >= 0.6 is 23.4 Å². The summed E-state index contributed by atoms with van der Waals surface area (Å²) in [5.41, 5.74) is 0.938. The van der Waals surface area contributed by atoms with Crippen LogP contribution in [0, 0.1) is 0 Å². The highest BCUT2D eigenvalue weighted by atomic mass is 35.5. The number of amides is 1. The number of nitrogens with zero attached hydrogens (tertiary/aromatic N) is 4. The maximum absolute atomic E-state index is 12.3. The van der Waals surface area contributed by atoms with Gasteiger partial charge in [0.25, 0.3) is 0 Å². The number of carbonyl (C=O) groups excluding carboxylic acids is 1. The summed E-state index contributed by atoms with van der Waals surface area (Å²) < 4.78 is 13.3. The van der Waals surface area contributed by atoms with Gasteiger partial charge in [0.2, 0.25) is 11.9 Å². The van der Waals surface area contributed by atoms with Crippen molar-refractivity contribution in [3.63, 3.8) is 0 Å². The molecule has 4 rings (SSSR count). The molecule has 164 valence electrons. The van der Waals surface area contributed by atoms with E-state index in [0.29, 0.717) is 30.5 Å². The number of carbonyl (C=O) groups is 1. The first kappa shape index (κ1) is 21.7. The van der Waals surface area contributed by atoms with Crippen LogP contribution in [0.2, 0.25) is 5.02 Å². The van der Waals surface area contributed by atoms with Crippen molar-refractivity contribution in [2.75, 3.05) is 37.0 Å². The average Bonchev–Trinajstić information content (AvgIpc) is 3.44. The van der Waals surface area contributed by atoms with Crippen molar-refractivity contribution in [1.82, 2.24) is 20.1 Å². The first-order valence-corrected chi connectivity index (χ1v) is 11.5. The van der Waals surface area contributed by atoms with Crippen molar-refractivity contribution in [3.8, 4) is 11.3 Å². The number of thioether (sulfide) groups is 1. The highest BCUT2D eigenvalue weighted by Gasteiger charge is 2.20. The summed E-state index contributed by atoms with van der Waals surface area (Å²) in [5, 5.41) is 12.9. The quantitative estimate of drug-likeness (QED) is 0.514. The predicted octanol–water partition coefficient (Wildman–Crippen LogP) is 3.46. The van der Waals surface area contributed by atoms with Gasteiger partial charge in [0.1, 0.15) is 11.5 Å². The molecule has 0 unspecified atom stereocenters. The fourth-order valence-corrected chi connectivity index (χ4v) is 4.22. The van der Waals surface area contributed by atoms with Crippen molar-refractivity contribution in [3.05, 3.63) is 47.2 Å². The van der Waals surface area contributed by atoms with Crippen molar-refractivity contribution in [2.45, 2.75) is 25.2 Å². The second-order valence-electron chi connectivity index (χ2n) is 6.96. The zero-order valence-corrected chi connectivity index (χ0v) is 18.8. The molecule has 8 nitrogen and oxygen atoms in total. The average molecular weight is 462 g/mol. The molecule has 0 bridgehead atoms. The first-order chi connectivity index (χ1) is 15.1. The lowest BCUT2D eigenvalue weighted by Gasteiger charge is -2.27. The lowest BCUT2D eigenvalue weighted by atomic mass is 10.2. The van der Waals surface area contributed by atoms with E-state index in [4.69, 9.17) is 20.8 Å². The van der Waals surface area contributed by atoms with E-state index in [1.54, 1.807) is 0 Å². The molecule has 3 aromatic rings. The minimum atomic E-state index is -0.0898. The van der Waals surface area contributed by atoms with Crippen LogP contribution in [0.4, 0.5) is 5.95 Å². The number of nitrogens with one attached hydrogen (secondary N) is 1. The third kappa shape index (κ3) is 5.41. The van der Waals surface area contributed by atoms with Crippen LogP contribution in [0.25, 0.3) is 11.3 Å². The molecule has 1 aliphatic rings. The van der Waals surface area contributed by atoms with Gasteiger partial charge in [-0.1, -0.05) is 23.4 Å². The molecule has 3 heterocycles. The van der Waals surface area contributed by atoms with Crippen LogP contribution < -0.4 is 10.2 Å². The Balaban J connectivity index is 1.29. The topological polar surface area (TPSA) is 85.4 Å². The molecule has 0 aliphatic carbocycles. The lowest BCUT2D eigenvalue weighted by molar-refractivity contribution is -0.118. The van der Waals surface area contributed by atoms with Gasteiger partial charge in [-0.05, 0) is 43.3 Å². The molecule has 31 heavy (non-hydrogen) atoms. The van der Waals surface area contributed by atoms with Gasteiger partial charge in [0, 0.05) is 30.2 Å². The lowest BCUT2D eigenvalue weighted by Crippen LogP contribution is -2.38. The Hall–Kier alpha value is -2.49. The van der Waals surface area contributed by atoms with Crippen LogP contribution in [0.5, 0.6) is 0 Å². The molecule has 0 spiro atoms. The smallest absolute Gasteiger partial charge is 0.230 e. The minimum Gasteiger partial charge on any atom is -0.459 e. The third-order valence-electron chi connectivity index (χ3n) is 4.89. The fourth-order valence-electron chi connectivity index (χ4n) is 3.27. The molecule has 1 saturated heterocycles. The van der Waals surface area contributed by atoms with Crippen LogP contribution in [0.15, 0.2) is 46.0 Å². The van der Waals surface area contributed by atoms with Gasteiger partial charge in [0.05, 0.1) is 25.5 Å². The SMILES string of the molecule is CCn1c(SCC(=O)NCc2ccc(-c3ccc(Cl)cc3)o2)nnc1N1CCOCC1. The van der Waals surface area contributed by atoms with E-state index in [1.165, 1.54) is 11.8 Å². The van der Waals surface area contributed by atoms with Crippen molar-refractivity contribution >= 4 is 35.2 Å². The third-order valence-corrected chi connectivity index (χ3v) is 6.11. The van der Waals surface area contributed by atoms with Gasteiger partial charge in [-0.2, -0.15) is 0 Å². The number of benzene rings is 1. The Morgan fingerprint density at radius 2 is 1.94 bits per heavy atom. The number of aromatic nitrogens is 3. The Bertz CT molecular complexity index is 1010. The van der Waals surface area contributed by atoms with Gasteiger partial charge >= 0.3 is 0 Å². The number of hydrogen-bond acceptors (Lipinski definition) is 7. The highest BCUT2D eigenvalue weighted by Crippen LogP contribution is 2.24.